The zero-order valence-electron chi connectivity index (χ0n) is 17.7. The summed E-state index contributed by atoms with van der Waals surface area (Å²) in [7, 11) is 0. The van der Waals surface area contributed by atoms with Gasteiger partial charge in [0.1, 0.15) is 35.5 Å². The number of imidazole rings is 1. The summed E-state index contributed by atoms with van der Waals surface area (Å²) in [5.74, 6) is 0.601. The quantitative estimate of drug-likeness (QED) is 0.454. The topological polar surface area (TPSA) is 77.2 Å². The van der Waals surface area contributed by atoms with Gasteiger partial charge in [-0.05, 0) is 42.8 Å². The summed E-state index contributed by atoms with van der Waals surface area (Å²) in [4.78, 5) is 17.7. The molecule has 5 heterocycles. The third-order valence-corrected chi connectivity index (χ3v) is 5.98. The van der Waals surface area contributed by atoms with Gasteiger partial charge >= 0.3 is 0 Å². The van der Waals surface area contributed by atoms with Gasteiger partial charge in [0.15, 0.2) is 0 Å². The number of piperidine rings is 1. The zero-order valence-corrected chi connectivity index (χ0v) is 17.7. The lowest BCUT2D eigenvalue weighted by molar-refractivity contribution is 0.0743. The maximum atomic E-state index is 14.3. The fourth-order valence-corrected chi connectivity index (χ4v) is 4.25. The largest absolute Gasteiger partial charge is 0.485 e. The van der Waals surface area contributed by atoms with E-state index in [2.05, 4.69) is 20.3 Å². The van der Waals surface area contributed by atoms with Crippen LogP contribution in [0.4, 0.5) is 4.39 Å². The number of benzene rings is 1. The number of nitrogens with one attached hydrogen (secondary N) is 1. The van der Waals surface area contributed by atoms with Gasteiger partial charge in [0.2, 0.25) is 0 Å². The number of hydrogen-bond donors (Lipinski definition) is 1. The van der Waals surface area contributed by atoms with Crippen LogP contribution >= 0.6 is 0 Å². The molecule has 0 bridgehead atoms. The first kappa shape index (κ1) is 19.8. The number of halogens is 1. The summed E-state index contributed by atoms with van der Waals surface area (Å²) in [6.45, 7) is 1.06. The SMILES string of the molecule is F[C@H]1CNCC[C@@H]1Oc1cccc2ccc(-c3cnc4cc(-c5cncnc5)ccn34)nc12. The van der Waals surface area contributed by atoms with E-state index in [4.69, 9.17) is 9.72 Å². The van der Waals surface area contributed by atoms with Gasteiger partial charge in [-0.1, -0.05) is 18.2 Å². The maximum absolute atomic E-state index is 14.3. The number of ether oxygens (including phenoxy) is 1. The van der Waals surface area contributed by atoms with E-state index in [1.165, 1.54) is 6.33 Å². The molecular formula is C25H21FN6O. The van der Waals surface area contributed by atoms with E-state index < -0.39 is 12.3 Å². The van der Waals surface area contributed by atoms with Gasteiger partial charge in [-0.3, -0.25) is 4.40 Å². The van der Waals surface area contributed by atoms with Crippen molar-refractivity contribution in [2.24, 2.45) is 0 Å². The number of hydrogen-bond acceptors (Lipinski definition) is 6. The van der Waals surface area contributed by atoms with Gasteiger partial charge in [0.05, 0.1) is 17.6 Å². The highest BCUT2D eigenvalue weighted by atomic mass is 19.1. The molecule has 0 spiro atoms. The third-order valence-electron chi connectivity index (χ3n) is 5.98. The molecule has 0 saturated carbocycles. The minimum Gasteiger partial charge on any atom is -0.485 e. The minimum atomic E-state index is -1.04. The Morgan fingerprint density at radius 3 is 2.82 bits per heavy atom. The molecule has 1 aliphatic rings. The van der Waals surface area contributed by atoms with Crippen LogP contribution in [0.2, 0.25) is 0 Å². The Balaban J connectivity index is 1.39. The van der Waals surface area contributed by atoms with Crippen molar-refractivity contribution in [2.45, 2.75) is 18.7 Å². The Labute approximate surface area is 189 Å². The Morgan fingerprint density at radius 2 is 1.94 bits per heavy atom. The van der Waals surface area contributed by atoms with E-state index >= 15 is 0 Å². The van der Waals surface area contributed by atoms with Crippen LogP contribution in [0, 0.1) is 0 Å². The molecule has 0 unspecified atom stereocenters. The van der Waals surface area contributed by atoms with Crippen LogP contribution in [-0.4, -0.2) is 49.7 Å². The van der Waals surface area contributed by atoms with Crippen molar-refractivity contribution in [3.8, 4) is 28.3 Å². The predicted octanol–water partition coefficient (Wildman–Crippen LogP) is 4.09. The molecule has 0 amide bonds. The predicted molar refractivity (Wildman–Crippen MR) is 124 cm³/mol. The number of aromatic nitrogens is 5. The first-order valence-corrected chi connectivity index (χ1v) is 10.9. The fourth-order valence-electron chi connectivity index (χ4n) is 4.25. The molecule has 164 valence electrons. The van der Waals surface area contributed by atoms with Crippen molar-refractivity contribution < 1.29 is 9.13 Å². The molecule has 0 aliphatic carbocycles. The van der Waals surface area contributed by atoms with E-state index in [0.29, 0.717) is 24.2 Å². The van der Waals surface area contributed by atoms with Gasteiger partial charge in [0, 0.05) is 36.1 Å². The highest BCUT2D eigenvalue weighted by Crippen LogP contribution is 2.30. The first-order chi connectivity index (χ1) is 16.3. The number of alkyl halides is 1. The summed E-state index contributed by atoms with van der Waals surface area (Å²) < 4.78 is 22.4. The number of fused-ring (bicyclic) bond motifs is 2. The summed E-state index contributed by atoms with van der Waals surface area (Å²) in [5, 5.41) is 4.00. The van der Waals surface area contributed by atoms with Gasteiger partial charge in [-0.25, -0.2) is 24.3 Å². The number of para-hydroxylation sites is 1. The Kier molecular flexibility index (Phi) is 4.92. The normalized spacial score (nSPS) is 18.6. The van der Waals surface area contributed by atoms with Gasteiger partial charge in [-0.15, -0.1) is 0 Å². The monoisotopic (exact) mass is 440 g/mol. The molecule has 1 fully saturated rings. The number of nitrogens with zero attached hydrogens (tertiary/aromatic N) is 5. The molecular weight excluding hydrogens is 419 g/mol. The average Bonchev–Trinajstić information content (AvgIpc) is 3.29. The second kappa shape index (κ2) is 8.22. The first-order valence-electron chi connectivity index (χ1n) is 10.9. The van der Waals surface area contributed by atoms with Crippen molar-refractivity contribution in [2.75, 3.05) is 13.1 Å². The van der Waals surface area contributed by atoms with Crippen molar-refractivity contribution in [1.82, 2.24) is 29.7 Å². The molecule has 6 rings (SSSR count). The Bertz CT molecular complexity index is 1440. The highest BCUT2D eigenvalue weighted by molar-refractivity contribution is 5.86. The fraction of sp³-hybridized carbons (Fsp3) is 0.200. The molecule has 33 heavy (non-hydrogen) atoms. The zero-order chi connectivity index (χ0) is 22.2. The summed E-state index contributed by atoms with van der Waals surface area (Å²) in [6, 6.07) is 13.7. The summed E-state index contributed by atoms with van der Waals surface area (Å²) >= 11 is 0. The van der Waals surface area contributed by atoms with Crippen molar-refractivity contribution in [3.63, 3.8) is 0 Å². The molecule has 1 saturated heterocycles. The molecule has 0 radical (unpaired) electrons. The van der Waals surface area contributed by atoms with Crippen LogP contribution in [-0.2, 0) is 0 Å². The number of rotatable bonds is 4. The van der Waals surface area contributed by atoms with Crippen LogP contribution < -0.4 is 10.1 Å². The van der Waals surface area contributed by atoms with Gasteiger partial charge in [0.25, 0.3) is 0 Å². The molecule has 1 aliphatic heterocycles. The molecule has 5 aromatic rings. The lowest BCUT2D eigenvalue weighted by atomic mass is 10.1. The molecule has 1 aromatic carbocycles. The molecule has 8 heteroatoms. The Morgan fingerprint density at radius 1 is 1.03 bits per heavy atom. The second-order valence-electron chi connectivity index (χ2n) is 8.10. The van der Waals surface area contributed by atoms with E-state index in [-0.39, 0.29) is 0 Å². The minimum absolute atomic E-state index is 0.313. The van der Waals surface area contributed by atoms with Crippen molar-refractivity contribution in [3.05, 3.63) is 73.6 Å². The second-order valence-corrected chi connectivity index (χ2v) is 8.10. The van der Waals surface area contributed by atoms with E-state index in [0.717, 1.165) is 40.1 Å². The molecule has 7 nitrogen and oxygen atoms in total. The summed E-state index contributed by atoms with van der Waals surface area (Å²) in [6.07, 6.45) is 7.95. The third kappa shape index (κ3) is 3.68. The maximum Gasteiger partial charge on any atom is 0.149 e. The smallest absolute Gasteiger partial charge is 0.149 e. The molecule has 1 N–H and O–H groups in total. The average molecular weight is 440 g/mol. The van der Waals surface area contributed by atoms with E-state index in [1.807, 2.05) is 59.3 Å². The van der Waals surface area contributed by atoms with Crippen molar-refractivity contribution in [1.29, 1.82) is 0 Å². The lowest BCUT2D eigenvalue weighted by Crippen LogP contribution is -2.44. The van der Waals surface area contributed by atoms with Crippen LogP contribution in [0.5, 0.6) is 5.75 Å². The van der Waals surface area contributed by atoms with Crippen LogP contribution in [0.25, 0.3) is 39.1 Å². The van der Waals surface area contributed by atoms with E-state index in [1.54, 1.807) is 12.4 Å². The van der Waals surface area contributed by atoms with Crippen LogP contribution in [0.3, 0.4) is 0 Å². The van der Waals surface area contributed by atoms with E-state index in [9.17, 15) is 4.39 Å². The standard InChI is InChI=1S/C25H21FN6O/c26-19-13-27-8-6-22(19)33-23-3-1-2-16-4-5-20(31-25(16)23)21-14-30-24-10-17(7-9-32(21)24)18-11-28-15-29-12-18/h1-5,7,9-12,14-15,19,22,27H,6,8,13H2/t19-,22-/m0/s1. The van der Waals surface area contributed by atoms with Crippen molar-refractivity contribution >= 4 is 16.6 Å². The number of pyridine rings is 2. The highest BCUT2D eigenvalue weighted by Gasteiger charge is 2.27. The van der Waals surface area contributed by atoms with Crippen LogP contribution in [0.15, 0.2) is 73.6 Å². The Hall–Kier alpha value is -3.91. The molecule has 2 atom stereocenters. The van der Waals surface area contributed by atoms with Crippen LogP contribution in [0.1, 0.15) is 6.42 Å². The lowest BCUT2D eigenvalue weighted by Gasteiger charge is -2.27. The summed E-state index contributed by atoms with van der Waals surface area (Å²) in [5.41, 5.74) is 5.07. The molecule has 4 aromatic heterocycles. The van der Waals surface area contributed by atoms with Gasteiger partial charge in [-0.2, -0.15) is 0 Å². The van der Waals surface area contributed by atoms with Gasteiger partial charge < -0.3 is 10.1 Å².